The molecule has 2 aromatic heterocycles. The number of hydrogen-bond donors (Lipinski definition) is 1. The van der Waals surface area contributed by atoms with Gasteiger partial charge in [0.05, 0.1) is 17.5 Å². The van der Waals surface area contributed by atoms with Crippen molar-refractivity contribution in [2.45, 2.75) is 6.92 Å². The number of carboxylic acids is 1. The lowest BCUT2D eigenvalue weighted by Gasteiger charge is -2.03. The fourth-order valence-corrected chi connectivity index (χ4v) is 1.51. The summed E-state index contributed by atoms with van der Waals surface area (Å²) in [5, 5.41) is 12.8. The van der Waals surface area contributed by atoms with Crippen LogP contribution in [0.2, 0.25) is 0 Å². The zero-order valence-electron chi connectivity index (χ0n) is 9.18. The van der Waals surface area contributed by atoms with Crippen LogP contribution in [-0.4, -0.2) is 30.8 Å². The fourth-order valence-electron chi connectivity index (χ4n) is 1.51. The lowest BCUT2D eigenvalue weighted by molar-refractivity contribution is 0.0686. The van der Waals surface area contributed by atoms with Gasteiger partial charge in [0.25, 0.3) is 0 Å². The van der Waals surface area contributed by atoms with E-state index < -0.39 is 11.8 Å². The van der Waals surface area contributed by atoms with Crippen LogP contribution in [0, 0.1) is 12.7 Å². The van der Waals surface area contributed by atoms with Crippen LogP contribution in [0.4, 0.5) is 4.39 Å². The third-order valence-corrected chi connectivity index (χ3v) is 2.36. The van der Waals surface area contributed by atoms with Gasteiger partial charge < -0.3 is 5.11 Å². The first-order valence-corrected chi connectivity index (χ1v) is 4.75. The van der Waals surface area contributed by atoms with Gasteiger partial charge in [0.1, 0.15) is 12.0 Å². The van der Waals surface area contributed by atoms with E-state index in [9.17, 15) is 9.18 Å². The van der Waals surface area contributed by atoms with E-state index >= 15 is 0 Å². The Morgan fingerprint density at radius 2 is 2.18 bits per heavy atom. The van der Waals surface area contributed by atoms with Crippen molar-refractivity contribution in [3.63, 3.8) is 0 Å². The van der Waals surface area contributed by atoms with Gasteiger partial charge in [-0.25, -0.2) is 19.2 Å². The van der Waals surface area contributed by atoms with Crippen molar-refractivity contribution in [2.75, 3.05) is 0 Å². The van der Waals surface area contributed by atoms with Crippen LogP contribution < -0.4 is 0 Å². The Bertz CT molecular complexity index is 594. The molecule has 88 valence electrons. The summed E-state index contributed by atoms with van der Waals surface area (Å²) >= 11 is 0. The number of carbonyl (C=O) groups is 1. The molecule has 0 spiro atoms. The molecule has 2 rings (SSSR count). The van der Waals surface area contributed by atoms with Gasteiger partial charge in [-0.15, -0.1) is 0 Å². The highest BCUT2D eigenvalue weighted by molar-refractivity contribution is 5.93. The molecule has 0 aliphatic heterocycles. The van der Waals surface area contributed by atoms with E-state index in [0.717, 1.165) is 4.68 Å². The minimum Gasteiger partial charge on any atom is -0.477 e. The Kier molecular flexibility index (Phi) is 2.58. The van der Waals surface area contributed by atoms with E-state index in [2.05, 4.69) is 15.1 Å². The number of aromatic carboxylic acids is 1. The number of carboxylic acid groups (broad SMARTS) is 1. The van der Waals surface area contributed by atoms with E-state index in [0.29, 0.717) is 0 Å². The molecule has 0 saturated carbocycles. The average Bonchev–Trinajstić information content (AvgIpc) is 2.64. The van der Waals surface area contributed by atoms with Gasteiger partial charge in [0.2, 0.25) is 0 Å². The summed E-state index contributed by atoms with van der Waals surface area (Å²) in [4.78, 5) is 18.5. The van der Waals surface area contributed by atoms with Crippen molar-refractivity contribution in [2.24, 2.45) is 7.05 Å². The molecule has 0 aliphatic rings. The number of aryl methyl sites for hydroxylation is 2. The minimum absolute atomic E-state index is 0.0528. The Hall–Kier alpha value is -2.31. The first kappa shape index (κ1) is 11.2. The normalized spacial score (nSPS) is 10.5. The third kappa shape index (κ3) is 1.75. The fraction of sp³-hybridized carbons (Fsp3) is 0.200. The van der Waals surface area contributed by atoms with Crippen LogP contribution in [0.25, 0.3) is 11.3 Å². The monoisotopic (exact) mass is 236 g/mol. The molecule has 6 nitrogen and oxygen atoms in total. The molecule has 17 heavy (non-hydrogen) atoms. The maximum absolute atomic E-state index is 13.8. The average molecular weight is 236 g/mol. The molecule has 0 radical (unpaired) electrons. The van der Waals surface area contributed by atoms with Crippen molar-refractivity contribution >= 4 is 5.97 Å². The van der Waals surface area contributed by atoms with Gasteiger partial charge in [-0.05, 0) is 6.92 Å². The number of hydrogen-bond acceptors (Lipinski definition) is 4. The highest BCUT2D eigenvalue weighted by atomic mass is 19.1. The second-order valence-corrected chi connectivity index (χ2v) is 3.46. The van der Waals surface area contributed by atoms with Crippen molar-refractivity contribution in [1.29, 1.82) is 0 Å². The van der Waals surface area contributed by atoms with Crippen LogP contribution in [0.5, 0.6) is 0 Å². The van der Waals surface area contributed by atoms with Crippen LogP contribution >= 0.6 is 0 Å². The minimum atomic E-state index is -1.18. The number of nitrogens with zero attached hydrogens (tertiary/aromatic N) is 4. The Balaban J connectivity index is 2.69. The molecular weight excluding hydrogens is 227 g/mol. The van der Waals surface area contributed by atoms with Gasteiger partial charge in [-0.3, -0.25) is 4.68 Å². The zero-order chi connectivity index (χ0) is 12.6. The molecule has 0 saturated heterocycles. The quantitative estimate of drug-likeness (QED) is 0.841. The predicted molar refractivity (Wildman–Crippen MR) is 55.9 cm³/mol. The van der Waals surface area contributed by atoms with E-state index in [1.807, 2.05) is 0 Å². The highest BCUT2D eigenvalue weighted by Gasteiger charge is 2.21. The van der Waals surface area contributed by atoms with Crippen molar-refractivity contribution < 1.29 is 14.3 Å². The first-order chi connectivity index (χ1) is 8.02. The topological polar surface area (TPSA) is 80.9 Å². The molecule has 0 aromatic carbocycles. The Labute approximate surface area is 95.8 Å². The van der Waals surface area contributed by atoms with Gasteiger partial charge in [0.15, 0.2) is 11.5 Å². The van der Waals surface area contributed by atoms with Crippen LogP contribution in [0.15, 0.2) is 12.5 Å². The molecule has 0 unspecified atom stereocenters. The van der Waals surface area contributed by atoms with E-state index in [-0.39, 0.29) is 22.6 Å². The summed E-state index contributed by atoms with van der Waals surface area (Å²) in [6, 6.07) is 0. The molecule has 0 bridgehead atoms. The molecule has 0 fully saturated rings. The number of halogens is 1. The molecule has 2 aromatic rings. The smallest absolute Gasteiger partial charge is 0.354 e. The standard InChI is InChI=1S/C10H9FN4O2/c1-5-7(11)8(13-4-12-5)6-3-14-15(2)9(6)10(16)17/h3-4H,1-2H3,(H,16,17). The van der Waals surface area contributed by atoms with Crippen molar-refractivity contribution in [1.82, 2.24) is 19.7 Å². The predicted octanol–water partition coefficient (Wildman–Crippen LogP) is 1.02. The molecule has 1 N–H and O–H groups in total. The van der Waals surface area contributed by atoms with E-state index in [1.54, 1.807) is 0 Å². The first-order valence-electron chi connectivity index (χ1n) is 4.75. The van der Waals surface area contributed by atoms with Crippen LogP contribution in [-0.2, 0) is 7.05 Å². The van der Waals surface area contributed by atoms with Gasteiger partial charge in [-0.1, -0.05) is 0 Å². The summed E-state index contributed by atoms with van der Waals surface area (Å²) < 4.78 is 14.9. The van der Waals surface area contributed by atoms with Crippen LogP contribution in [0.3, 0.4) is 0 Å². The van der Waals surface area contributed by atoms with Gasteiger partial charge in [0, 0.05) is 7.05 Å². The number of rotatable bonds is 2. The highest BCUT2D eigenvalue weighted by Crippen LogP contribution is 2.24. The Morgan fingerprint density at radius 3 is 2.82 bits per heavy atom. The maximum atomic E-state index is 13.8. The largest absolute Gasteiger partial charge is 0.477 e. The summed E-state index contributed by atoms with van der Waals surface area (Å²) in [6.45, 7) is 1.48. The lowest BCUT2D eigenvalue weighted by atomic mass is 10.1. The zero-order valence-corrected chi connectivity index (χ0v) is 9.18. The third-order valence-electron chi connectivity index (χ3n) is 2.36. The summed E-state index contributed by atoms with van der Waals surface area (Å²) in [5.41, 5.74) is 0.142. The summed E-state index contributed by atoms with van der Waals surface area (Å²) in [5.74, 6) is -1.82. The second-order valence-electron chi connectivity index (χ2n) is 3.46. The van der Waals surface area contributed by atoms with Crippen LogP contribution in [0.1, 0.15) is 16.2 Å². The van der Waals surface area contributed by atoms with Crippen molar-refractivity contribution in [3.05, 3.63) is 29.7 Å². The molecule has 0 amide bonds. The maximum Gasteiger partial charge on any atom is 0.354 e. The molecule has 7 heteroatoms. The summed E-state index contributed by atoms with van der Waals surface area (Å²) in [7, 11) is 1.47. The van der Waals surface area contributed by atoms with Gasteiger partial charge >= 0.3 is 5.97 Å². The SMILES string of the molecule is Cc1ncnc(-c2cnn(C)c2C(=O)O)c1F. The van der Waals surface area contributed by atoms with E-state index in [4.69, 9.17) is 5.11 Å². The van der Waals surface area contributed by atoms with E-state index in [1.165, 1.54) is 26.5 Å². The lowest BCUT2D eigenvalue weighted by Crippen LogP contribution is -2.08. The Morgan fingerprint density at radius 1 is 1.47 bits per heavy atom. The summed E-state index contributed by atoms with van der Waals surface area (Å²) in [6.07, 6.45) is 2.46. The second kappa shape index (κ2) is 3.93. The molecule has 2 heterocycles. The van der Waals surface area contributed by atoms with Crippen molar-refractivity contribution in [3.8, 4) is 11.3 Å². The molecule has 0 atom stereocenters. The number of aromatic nitrogens is 4. The molecular formula is C10H9FN4O2. The molecule has 0 aliphatic carbocycles. The van der Waals surface area contributed by atoms with Gasteiger partial charge in [-0.2, -0.15) is 5.10 Å².